The number of carbonyl (C=O) groups is 1. The molecule has 0 saturated heterocycles. The molecule has 0 aliphatic rings. The van der Waals surface area contributed by atoms with Gasteiger partial charge in [-0.25, -0.2) is 14.2 Å². The third kappa shape index (κ3) is 5.24. The first-order valence-corrected chi connectivity index (χ1v) is 12.5. The summed E-state index contributed by atoms with van der Waals surface area (Å²) in [5.41, 5.74) is 0.978. The van der Waals surface area contributed by atoms with E-state index in [2.05, 4.69) is 5.32 Å². The van der Waals surface area contributed by atoms with Crippen LogP contribution >= 0.6 is 0 Å². The van der Waals surface area contributed by atoms with Crippen LogP contribution in [0.5, 0.6) is 11.5 Å². The van der Waals surface area contributed by atoms with Gasteiger partial charge in [0.1, 0.15) is 28.9 Å². The van der Waals surface area contributed by atoms with Crippen molar-refractivity contribution in [3.8, 4) is 17.2 Å². The van der Waals surface area contributed by atoms with Gasteiger partial charge in [-0.15, -0.1) is 0 Å². The number of furan rings is 1. The highest BCUT2D eigenvalue weighted by atomic mass is 19.1. The number of halogens is 1. The van der Waals surface area contributed by atoms with E-state index in [9.17, 15) is 14.0 Å². The van der Waals surface area contributed by atoms with E-state index in [0.717, 1.165) is 0 Å². The fraction of sp³-hybridized carbons (Fsp3) is 0.167. The number of benzene rings is 3. The Kier molecular flexibility index (Phi) is 7.50. The Morgan fingerprint density at radius 1 is 1.05 bits per heavy atom. The minimum absolute atomic E-state index is 0.0740. The van der Waals surface area contributed by atoms with Crippen LogP contribution in [0.4, 0.5) is 14.9 Å². The van der Waals surface area contributed by atoms with Gasteiger partial charge in [0, 0.05) is 6.07 Å². The molecule has 204 valence electrons. The number of methoxy groups -OCH3 is 2. The minimum atomic E-state index is -0.739. The molecule has 0 bridgehead atoms. The second-order valence-corrected chi connectivity index (χ2v) is 8.98. The van der Waals surface area contributed by atoms with Crippen molar-refractivity contribution < 1.29 is 23.1 Å². The number of hydrogen-bond acceptors (Lipinski definition) is 6. The summed E-state index contributed by atoms with van der Waals surface area (Å²) in [6.45, 7) is 1.84. The van der Waals surface area contributed by atoms with Crippen LogP contribution in [0.25, 0.3) is 16.6 Å². The van der Waals surface area contributed by atoms with Gasteiger partial charge in [0.2, 0.25) is 0 Å². The van der Waals surface area contributed by atoms with Gasteiger partial charge in [0.15, 0.2) is 0 Å². The molecule has 0 spiro atoms. The Hall–Kier alpha value is -5.12. The van der Waals surface area contributed by atoms with Crippen molar-refractivity contribution in [2.45, 2.75) is 19.5 Å². The van der Waals surface area contributed by atoms with Gasteiger partial charge in [-0.05, 0) is 67.6 Å². The maximum Gasteiger partial charge on any atom is 0.322 e. The molecule has 2 aromatic heterocycles. The Balaban J connectivity index is 1.62. The number of aromatic nitrogens is 2. The molecule has 0 aliphatic heterocycles. The maximum absolute atomic E-state index is 13.8. The average Bonchev–Trinajstić information content (AvgIpc) is 3.50. The summed E-state index contributed by atoms with van der Waals surface area (Å²) < 4.78 is 31.5. The van der Waals surface area contributed by atoms with Gasteiger partial charge >= 0.3 is 6.03 Å². The predicted molar refractivity (Wildman–Crippen MR) is 149 cm³/mol. The van der Waals surface area contributed by atoms with Crippen molar-refractivity contribution in [2.24, 2.45) is 0 Å². The first kappa shape index (κ1) is 26.5. The number of nitrogens with zero attached hydrogens (tertiary/aromatic N) is 3. The summed E-state index contributed by atoms with van der Waals surface area (Å²) in [4.78, 5) is 33.9. The largest absolute Gasteiger partial charge is 0.497 e. The van der Waals surface area contributed by atoms with E-state index >= 15 is 0 Å². The summed E-state index contributed by atoms with van der Waals surface area (Å²) in [5.74, 6) is 1.36. The molecule has 5 rings (SSSR count). The van der Waals surface area contributed by atoms with Crippen molar-refractivity contribution in [2.75, 3.05) is 19.5 Å². The second kappa shape index (κ2) is 11.3. The Morgan fingerprint density at radius 2 is 1.82 bits per heavy atom. The van der Waals surface area contributed by atoms with Crippen LogP contribution in [-0.4, -0.2) is 34.7 Å². The molecule has 1 N–H and O–H groups in total. The highest BCUT2D eigenvalue weighted by molar-refractivity contribution is 5.91. The summed E-state index contributed by atoms with van der Waals surface area (Å²) in [5, 5.41) is 3.29. The van der Waals surface area contributed by atoms with E-state index in [0.29, 0.717) is 45.4 Å². The molecule has 9 nitrogen and oxygen atoms in total. The Bertz CT molecular complexity index is 1700. The van der Waals surface area contributed by atoms with Crippen LogP contribution in [-0.2, 0) is 6.54 Å². The van der Waals surface area contributed by atoms with Crippen molar-refractivity contribution in [3.63, 3.8) is 0 Å². The number of hydrogen-bond donors (Lipinski definition) is 1. The molecular weight excluding hydrogens is 515 g/mol. The van der Waals surface area contributed by atoms with E-state index < -0.39 is 17.9 Å². The average molecular weight is 543 g/mol. The molecular formula is C30H27FN4O5. The lowest BCUT2D eigenvalue weighted by atomic mass is 10.1. The highest BCUT2D eigenvalue weighted by Gasteiger charge is 2.28. The lowest BCUT2D eigenvalue weighted by Gasteiger charge is -2.30. The summed E-state index contributed by atoms with van der Waals surface area (Å²) in [6.07, 6.45) is 1.52. The lowest BCUT2D eigenvalue weighted by molar-refractivity contribution is 0.179. The molecule has 2 amide bonds. The SMILES string of the molecule is COc1ccc(NC(=O)N(Cc2ccco2)C(C)c2nc3ccccc3c(=O)n2-c2ccc(F)cc2)c(OC)c1. The van der Waals surface area contributed by atoms with E-state index in [4.69, 9.17) is 18.9 Å². The lowest BCUT2D eigenvalue weighted by Crippen LogP contribution is -2.39. The fourth-order valence-corrected chi connectivity index (χ4v) is 4.45. The molecule has 40 heavy (non-hydrogen) atoms. The summed E-state index contributed by atoms with van der Waals surface area (Å²) in [7, 11) is 3.03. The van der Waals surface area contributed by atoms with Crippen LogP contribution in [0.1, 0.15) is 24.6 Å². The fourth-order valence-electron chi connectivity index (χ4n) is 4.45. The van der Waals surface area contributed by atoms with Gasteiger partial charge in [-0.2, -0.15) is 0 Å². The number of anilines is 1. The number of carbonyl (C=O) groups excluding carboxylic acids is 1. The van der Waals surface area contributed by atoms with Gasteiger partial charge in [0.25, 0.3) is 5.56 Å². The topological polar surface area (TPSA) is 98.8 Å². The predicted octanol–water partition coefficient (Wildman–Crippen LogP) is 5.93. The number of rotatable bonds is 8. The van der Waals surface area contributed by atoms with E-state index in [1.165, 1.54) is 54.2 Å². The van der Waals surface area contributed by atoms with Crippen LogP contribution in [0.3, 0.4) is 0 Å². The highest BCUT2D eigenvalue weighted by Crippen LogP contribution is 2.31. The number of para-hydroxylation sites is 1. The zero-order valence-corrected chi connectivity index (χ0v) is 22.1. The van der Waals surface area contributed by atoms with Crippen LogP contribution in [0.2, 0.25) is 0 Å². The Morgan fingerprint density at radius 3 is 2.52 bits per heavy atom. The third-order valence-corrected chi connectivity index (χ3v) is 6.55. The molecule has 1 atom stereocenters. The smallest absolute Gasteiger partial charge is 0.322 e. The van der Waals surface area contributed by atoms with Gasteiger partial charge < -0.3 is 24.1 Å². The minimum Gasteiger partial charge on any atom is -0.497 e. The zero-order valence-electron chi connectivity index (χ0n) is 22.1. The number of urea groups is 1. The third-order valence-electron chi connectivity index (χ3n) is 6.55. The van der Waals surface area contributed by atoms with Gasteiger partial charge in [-0.3, -0.25) is 9.36 Å². The molecule has 10 heteroatoms. The first-order valence-electron chi connectivity index (χ1n) is 12.5. The number of ether oxygens (including phenoxy) is 2. The van der Waals surface area contributed by atoms with Crippen LogP contribution in [0.15, 0.2) is 94.3 Å². The van der Waals surface area contributed by atoms with Crippen molar-refractivity contribution in [1.29, 1.82) is 0 Å². The van der Waals surface area contributed by atoms with E-state index in [1.807, 2.05) is 0 Å². The zero-order chi connectivity index (χ0) is 28.2. The maximum atomic E-state index is 13.8. The first-order chi connectivity index (χ1) is 19.4. The Labute approximate surface area is 229 Å². The van der Waals surface area contributed by atoms with Crippen LogP contribution in [0, 0.1) is 5.82 Å². The molecule has 1 unspecified atom stereocenters. The van der Waals surface area contributed by atoms with E-state index in [-0.39, 0.29) is 12.1 Å². The number of nitrogens with one attached hydrogen (secondary N) is 1. The molecule has 2 heterocycles. The van der Waals surface area contributed by atoms with Crippen molar-refractivity contribution >= 4 is 22.6 Å². The molecule has 3 aromatic carbocycles. The molecule has 0 saturated carbocycles. The quantitative estimate of drug-likeness (QED) is 0.261. The van der Waals surface area contributed by atoms with Crippen LogP contribution < -0.4 is 20.3 Å². The molecule has 5 aromatic rings. The van der Waals surface area contributed by atoms with Gasteiger partial charge in [-0.1, -0.05) is 12.1 Å². The van der Waals surface area contributed by atoms with E-state index in [1.54, 1.807) is 61.5 Å². The van der Waals surface area contributed by atoms with Gasteiger partial charge in [0.05, 0.1) is 55.3 Å². The number of fused-ring (bicyclic) bond motifs is 1. The standard InChI is InChI=1S/C30H27FN4O5/c1-19(28-32-25-9-5-4-8-24(25)29(36)35(28)21-12-10-20(31)11-13-21)34(18-23-7-6-16-40-23)30(37)33-26-15-14-22(38-2)17-27(26)39-3/h4-17,19H,18H2,1-3H3,(H,33,37). The molecule has 0 fully saturated rings. The van der Waals surface area contributed by atoms with Crippen molar-refractivity contribution in [1.82, 2.24) is 14.5 Å². The molecule has 0 aliphatic carbocycles. The normalized spacial score (nSPS) is 11.7. The summed E-state index contributed by atoms with van der Waals surface area (Å²) >= 11 is 0. The summed E-state index contributed by atoms with van der Waals surface area (Å²) in [6, 6.07) is 19.8. The molecule has 0 radical (unpaired) electrons. The van der Waals surface area contributed by atoms with Crippen molar-refractivity contribution in [3.05, 3.63) is 113 Å². The number of amides is 2. The monoisotopic (exact) mass is 542 g/mol. The second-order valence-electron chi connectivity index (χ2n) is 8.98.